The van der Waals surface area contributed by atoms with E-state index in [2.05, 4.69) is 20.7 Å². The Morgan fingerprint density at radius 1 is 1.07 bits per heavy atom. The molecule has 1 atom stereocenters. The first-order valence-corrected chi connectivity index (χ1v) is 9.29. The molecule has 3 aromatic rings. The predicted octanol–water partition coefficient (Wildman–Crippen LogP) is 3.09. The third-order valence-electron chi connectivity index (χ3n) is 4.58. The smallest absolute Gasteiger partial charge is 0.321 e. The predicted molar refractivity (Wildman–Crippen MR) is 107 cm³/mol. The van der Waals surface area contributed by atoms with Crippen LogP contribution in [0.4, 0.5) is 10.5 Å². The Labute approximate surface area is 163 Å². The Kier molecular flexibility index (Phi) is 5.88. The minimum Gasteiger partial charge on any atom is -0.344 e. The molecular weight excluding hydrogens is 356 g/mol. The largest absolute Gasteiger partial charge is 0.344 e. The van der Waals surface area contributed by atoms with Crippen LogP contribution < -0.4 is 10.6 Å². The summed E-state index contributed by atoms with van der Waals surface area (Å²) >= 11 is 0. The monoisotopic (exact) mass is 380 g/mol. The van der Waals surface area contributed by atoms with Crippen molar-refractivity contribution in [3.8, 4) is 0 Å². The minimum absolute atomic E-state index is 0.125. The Bertz CT molecular complexity index is 962. The Balaban J connectivity index is 1.66. The second-order valence-electron chi connectivity index (χ2n) is 6.35. The Hall–Kier alpha value is -3.42. The number of carbonyl (C=O) groups excluding carboxylic acids is 2. The first-order chi connectivity index (χ1) is 13.5. The minimum atomic E-state index is -0.234. The number of urea groups is 1. The number of aromatic nitrogens is 3. The highest BCUT2D eigenvalue weighted by Gasteiger charge is 2.15. The van der Waals surface area contributed by atoms with Gasteiger partial charge in [-0.15, -0.1) is 0 Å². The molecule has 0 bridgehead atoms. The third-order valence-corrected chi connectivity index (χ3v) is 4.58. The van der Waals surface area contributed by atoms with Crippen LogP contribution in [0.25, 0.3) is 5.65 Å². The Morgan fingerprint density at radius 3 is 2.46 bits per heavy atom. The maximum absolute atomic E-state index is 12.6. The zero-order valence-electron chi connectivity index (χ0n) is 16.2. The number of nitrogens with zero attached hydrogens (tertiary/aromatic N) is 4. The zero-order valence-corrected chi connectivity index (χ0v) is 16.2. The fourth-order valence-corrected chi connectivity index (χ4v) is 2.93. The number of hydrogen-bond donors (Lipinski definition) is 2. The molecule has 2 aromatic heterocycles. The lowest BCUT2D eigenvalue weighted by Crippen LogP contribution is -2.34. The van der Waals surface area contributed by atoms with Crippen LogP contribution in [-0.4, -0.2) is 44.5 Å². The van der Waals surface area contributed by atoms with Gasteiger partial charge < -0.3 is 15.5 Å². The summed E-state index contributed by atoms with van der Waals surface area (Å²) in [7, 11) is 0. The highest BCUT2D eigenvalue weighted by Crippen LogP contribution is 2.17. The molecule has 2 heterocycles. The molecule has 3 rings (SSSR count). The summed E-state index contributed by atoms with van der Waals surface area (Å²) in [6.45, 7) is 7.10. The summed E-state index contributed by atoms with van der Waals surface area (Å²) < 4.78 is 1.51. The lowest BCUT2D eigenvalue weighted by molar-refractivity contribution is 0.0932. The molecule has 1 aromatic carbocycles. The maximum atomic E-state index is 12.6. The standard InChI is InChI=1S/C20H24N6O2/c1-4-25(5-2)20(28)24-16-8-6-15(7-9-16)14(3)23-19(27)17-10-12-21-18-11-13-22-26(17)18/h6-14H,4-5H2,1-3H3,(H,23,27)(H,24,28). The quantitative estimate of drug-likeness (QED) is 0.687. The first-order valence-electron chi connectivity index (χ1n) is 9.29. The van der Waals surface area contributed by atoms with Crippen molar-refractivity contribution in [2.45, 2.75) is 26.8 Å². The van der Waals surface area contributed by atoms with E-state index in [1.807, 2.05) is 45.0 Å². The highest BCUT2D eigenvalue weighted by atomic mass is 16.2. The fourth-order valence-electron chi connectivity index (χ4n) is 2.93. The van der Waals surface area contributed by atoms with Gasteiger partial charge >= 0.3 is 6.03 Å². The molecule has 0 aliphatic carbocycles. The van der Waals surface area contributed by atoms with Gasteiger partial charge in [0.2, 0.25) is 0 Å². The molecule has 0 aliphatic rings. The molecule has 1 unspecified atom stereocenters. The molecule has 146 valence electrons. The number of rotatable bonds is 6. The van der Waals surface area contributed by atoms with E-state index in [1.165, 1.54) is 4.52 Å². The molecule has 0 fully saturated rings. The molecular formula is C20H24N6O2. The number of nitrogens with one attached hydrogen (secondary N) is 2. The van der Waals surface area contributed by atoms with E-state index in [0.717, 1.165) is 5.56 Å². The maximum Gasteiger partial charge on any atom is 0.321 e. The van der Waals surface area contributed by atoms with Crippen molar-refractivity contribution in [1.29, 1.82) is 0 Å². The van der Waals surface area contributed by atoms with Gasteiger partial charge in [-0.25, -0.2) is 14.3 Å². The number of anilines is 1. The number of carbonyl (C=O) groups is 2. The van der Waals surface area contributed by atoms with Crippen LogP contribution in [0.1, 0.15) is 42.9 Å². The second kappa shape index (κ2) is 8.51. The fraction of sp³-hybridized carbons (Fsp3) is 0.300. The number of hydrogen-bond acceptors (Lipinski definition) is 4. The SMILES string of the molecule is CCN(CC)C(=O)Nc1ccc(C(C)NC(=O)c2ccnc3ccnn23)cc1. The normalized spacial score (nSPS) is 11.8. The van der Waals surface area contributed by atoms with Crippen LogP contribution in [0, 0.1) is 0 Å². The Morgan fingerprint density at radius 2 is 1.79 bits per heavy atom. The summed E-state index contributed by atoms with van der Waals surface area (Å²) in [4.78, 5) is 30.6. The van der Waals surface area contributed by atoms with Gasteiger partial charge in [-0.2, -0.15) is 5.10 Å². The van der Waals surface area contributed by atoms with Gasteiger partial charge in [0.1, 0.15) is 5.69 Å². The van der Waals surface area contributed by atoms with Gasteiger partial charge in [-0.1, -0.05) is 12.1 Å². The van der Waals surface area contributed by atoms with Gasteiger partial charge in [0.05, 0.1) is 12.2 Å². The summed E-state index contributed by atoms with van der Waals surface area (Å²) in [5, 5.41) is 9.98. The third kappa shape index (κ3) is 4.11. The van der Waals surface area contributed by atoms with E-state index < -0.39 is 0 Å². The second-order valence-corrected chi connectivity index (χ2v) is 6.35. The lowest BCUT2D eigenvalue weighted by Gasteiger charge is -2.19. The van der Waals surface area contributed by atoms with Crippen molar-refractivity contribution < 1.29 is 9.59 Å². The van der Waals surface area contributed by atoms with Gasteiger partial charge in [0.15, 0.2) is 5.65 Å². The topological polar surface area (TPSA) is 91.6 Å². The van der Waals surface area contributed by atoms with Crippen LogP contribution in [0.5, 0.6) is 0 Å². The van der Waals surface area contributed by atoms with Crippen molar-refractivity contribution in [2.24, 2.45) is 0 Å². The van der Waals surface area contributed by atoms with E-state index in [0.29, 0.717) is 30.1 Å². The van der Waals surface area contributed by atoms with Gasteiger partial charge in [0, 0.05) is 31.0 Å². The summed E-state index contributed by atoms with van der Waals surface area (Å²) in [5.41, 5.74) is 2.69. The first kappa shape index (κ1) is 19.3. The average Bonchev–Trinajstić information content (AvgIpc) is 3.18. The molecule has 3 amide bonds. The number of benzene rings is 1. The van der Waals surface area contributed by atoms with Gasteiger partial charge in [-0.05, 0) is 44.5 Å². The lowest BCUT2D eigenvalue weighted by atomic mass is 10.1. The molecule has 0 saturated carbocycles. The molecule has 2 N–H and O–H groups in total. The van der Waals surface area contributed by atoms with Crippen LogP contribution in [0.2, 0.25) is 0 Å². The van der Waals surface area contributed by atoms with Gasteiger partial charge in [-0.3, -0.25) is 4.79 Å². The summed E-state index contributed by atoms with van der Waals surface area (Å²) in [5.74, 6) is -0.234. The summed E-state index contributed by atoms with van der Waals surface area (Å²) in [6.07, 6.45) is 3.19. The van der Waals surface area contributed by atoms with Gasteiger partial charge in [0.25, 0.3) is 5.91 Å². The molecule has 0 saturated heterocycles. The molecule has 8 heteroatoms. The highest BCUT2D eigenvalue weighted by molar-refractivity contribution is 5.93. The van der Waals surface area contributed by atoms with E-state index in [1.54, 1.807) is 29.4 Å². The van der Waals surface area contributed by atoms with E-state index in [4.69, 9.17) is 0 Å². The average molecular weight is 380 g/mol. The van der Waals surface area contributed by atoms with Crippen molar-refractivity contribution in [1.82, 2.24) is 24.8 Å². The molecule has 0 spiro atoms. The van der Waals surface area contributed by atoms with Crippen molar-refractivity contribution >= 4 is 23.3 Å². The molecule has 28 heavy (non-hydrogen) atoms. The number of amides is 3. The van der Waals surface area contributed by atoms with Crippen molar-refractivity contribution in [2.75, 3.05) is 18.4 Å². The van der Waals surface area contributed by atoms with Crippen LogP contribution in [0.3, 0.4) is 0 Å². The summed E-state index contributed by atoms with van der Waals surface area (Å²) in [6, 6.07) is 10.5. The van der Waals surface area contributed by atoms with Crippen LogP contribution in [-0.2, 0) is 0 Å². The molecule has 0 aliphatic heterocycles. The molecule has 8 nitrogen and oxygen atoms in total. The van der Waals surface area contributed by atoms with Crippen molar-refractivity contribution in [3.05, 3.63) is 60.0 Å². The van der Waals surface area contributed by atoms with Crippen LogP contribution >= 0.6 is 0 Å². The zero-order chi connectivity index (χ0) is 20.1. The molecule has 0 radical (unpaired) electrons. The van der Waals surface area contributed by atoms with E-state index in [9.17, 15) is 9.59 Å². The van der Waals surface area contributed by atoms with E-state index >= 15 is 0 Å². The number of fused-ring (bicyclic) bond motifs is 1. The van der Waals surface area contributed by atoms with Crippen molar-refractivity contribution in [3.63, 3.8) is 0 Å². The van der Waals surface area contributed by atoms with Crippen LogP contribution in [0.15, 0.2) is 48.8 Å². The van der Waals surface area contributed by atoms with E-state index in [-0.39, 0.29) is 18.0 Å².